The Kier molecular flexibility index (Phi) is 3.20. The Morgan fingerprint density at radius 3 is 2.70 bits per heavy atom. The molecule has 0 radical (unpaired) electrons. The monoisotopic (exact) mass is 279 g/mol. The average Bonchev–Trinajstić information content (AvgIpc) is 3.11. The minimum absolute atomic E-state index is 0.0546. The zero-order chi connectivity index (χ0) is 14.4. The second kappa shape index (κ2) is 4.65. The van der Waals surface area contributed by atoms with Gasteiger partial charge in [-0.1, -0.05) is 0 Å². The van der Waals surface area contributed by atoms with E-state index in [0.29, 0.717) is 6.54 Å². The largest absolute Gasteiger partial charge is 0.444 e. The van der Waals surface area contributed by atoms with Gasteiger partial charge in [0.05, 0.1) is 5.54 Å². The summed E-state index contributed by atoms with van der Waals surface area (Å²) in [5.74, 6) is 0. The van der Waals surface area contributed by atoms with Crippen LogP contribution in [0, 0.1) is 0 Å². The number of carbonyl (C=O) groups excluding carboxylic acids is 1. The molecule has 3 fully saturated rings. The molecule has 0 aromatic rings. The minimum Gasteiger partial charge on any atom is -0.444 e. The summed E-state index contributed by atoms with van der Waals surface area (Å²) in [6.45, 7) is 9.01. The van der Waals surface area contributed by atoms with Crippen molar-refractivity contribution in [3.05, 3.63) is 11.3 Å². The highest BCUT2D eigenvalue weighted by molar-refractivity contribution is 5.68. The van der Waals surface area contributed by atoms with E-state index in [9.17, 15) is 4.79 Å². The smallest absolute Gasteiger partial charge is 0.410 e. The Morgan fingerprint density at radius 2 is 2.05 bits per heavy atom. The van der Waals surface area contributed by atoms with Crippen molar-refractivity contribution >= 4 is 6.09 Å². The van der Waals surface area contributed by atoms with Crippen LogP contribution < -0.4 is 10.6 Å². The van der Waals surface area contributed by atoms with E-state index in [-0.39, 0.29) is 11.6 Å². The number of hydrogen-bond donors (Lipinski definition) is 2. The number of piperazine rings is 1. The van der Waals surface area contributed by atoms with Crippen molar-refractivity contribution in [1.29, 1.82) is 0 Å². The molecule has 2 saturated heterocycles. The van der Waals surface area contributed by atoms with E-state index in [1.54, 1.807) is 0 Å². The lowest BCUT2D eigenvalue weighted by Crippen LogP contribution is -2.62. The van der Waals surface area contributed by atoms with Crippen molar-refractivity contribution in [2.24, 2.45) is 0 Å². The number of rotatable bonds is 0. The first-order valence-electron chi connectivity index (χ1n) is 7.59. The van der Waals surface area contributed by atoms with Gasteiger partial charge in [0, 0.05) is 31.9 Å². The van der Waals surface area contributed by atoms with Crippen LogP contribution in [0.2, 0.25) is 0 Å². The molecule has 2 N–H and O–H groups in total. The number of amides is 1. The zero-order valence-electron chi connectivity index (χ0n) is 12.7. The van der Waals surface area contributed by atoms with E-state index >= 15 is 0 Å². The quantitative estimate of drug-likeness (QED) is 0.707. The van der Waals surface area contributed by atoms with Crippen LogP contribution in [0.25, 0.3) is 0 Å². The Bertz CT molecular complexity index is 447. The third kappa shape index (κ3) is 2.64. The fraction of sp³-hybridized carbons (Fsp3) is 0.800. The molecule has 20 heavy (non-hydrogen) atoms. The van der Waals surface area contributed by atoms with Gasteiger partial charge < -0.3 is 20.3 Å². The van der Waals surface area contributed by atoms with Crippen molar-refractivity contribution in [3.8, 4) is 0 Å². The molecule has 5 heteroatoms. The van der Waals surface area contributed by atoms with Gasteiger partial charge in [0.25, 0.3) is 0 Å². The van der Waals surface area contributed by atoms with Gasteiger partial charge in [-0.05, 0) is 45.6 Å². The summed E-state index contributed by atoms with van der Waals surface area (Å²) >= 11 is 0. The number of nitrogens with one attached hydrogen (secondary N) is 2. The van der Waals surface area contributed by atoms with Gasteiger partial charge in [-0.2, -0.15) is 0 Å². The fourth-order valence-corrected chi connectivity index (χ4v) is 3.18. The standard InChI is InChI=1S/C15H25N3O2/c1-14(2,3)20-13(19)18-9-8-17-15(10-18)6-7-16-12(15)11-4-5-11/h16-17H,4-10H2,1-3H3. The van der Waals surface area contributed by atoms with Gasteiger partial charge in [-0.15, -0.1) is 0 Å². The molecular formula is C15H25N3O2. The van der Waals surface area contributed by atoms with Crippen molar-refractivity contribution in [2.75, 3.05) is 26.2 Å². The molecule has 3 rings (SSSR count). The summed E-state index contributed by atoms with van der Waals surface area (Å²) in [5.41, 5.74) is 2.40. The van der Waals surface area contributed by atoms with Gasteiger partial charge in [-0.25, -0.2) is 4.79 Å². The number of carbonyl (C=O) groups is 1. The Balaban J connectivity index is 1.74. The van der Waals surface area contributed by atoms with Crippen molar-refractivity contribution < 1.29 is 9.53 Å². The summed E-state index contributed by atoms with van der Waals surface area (Å²) in [6, 6.07) is 0. The lowest BCUT2D eigenvalue weighted by Gasteiger charge is -2.42. The van der Waals surface area contributed by atoms with E-state index in [1.807, 2.05) is 25.7 Å². The molecule has 0 bridgehead atoms. The highest BCUT2D eigenvalue weighted by atomic mass is 16.6. The average molecular weight is 279 g/mol. The molecule has 112 valence electrons. The molecule has 3 aliphatic rings. The molecule has 2 heterocycles. The van der Waals surface area contributed by atoms with E-state index in [2.05, 4.69) is 10.6 Å². The summed E-state index contributed by atoms with van der Waals surface area (Å²) in [5, 5.41) is 7.17. The molecule has 1 aliphatic carbocycles. The maximum absolute atomic E-state index is 12.3. The predicted molar refractivity (Wildman–Crippen MR) is 77.4 cm³/mol. The SMILES string of the molecule is CC(C)(C)OC(=O)N1CCNC2(CCNC2=C2CC2)C1. The van der Waals surface area contributed by atoms with Crippen LogP contribution in [-0.4, -0.2) is 48.3 Å². The van der Waals surface area contributed by atoms with E-state index in [0.717, 1.165) is 26.1 Å². The molecule has 1 spiro atoms. The lowest BCUT2D eigenvalue weighted by molar-refractivity contribution is 0.0153. The van der Waals surface area contributed by atoms with E-state index in [1.165, 1.54) is 24.1 Å². The Hall–Kier alpha value is -1.23. The normalized spacial score (nSPS) is 29.6. The maximum Gasteiger partial charge on any atom is 0.410 e. The maximum atomic E-state index is 12.3. The first-order valence-corrected chi connectivity index (χ1v) is 7.59. The van der Waals surface area contributed by atoms with Gasteiger partial charge in [-0.3, -0.25) is 0 Å². The van der Waals surface area contributed by atoms with Gasteiger partial charge in [0.1, 0.15) is 5.60 Å². The molecule has 0 aromatic heterocycles. The second-order valence-electron chi connectivity index (χ2n) is 7.07. The van der Waals surface area contributed by atoms with Crippen LogP contribution in [0.1, 0.15) is 40.0 Å². The van der Waals surface area contributed by atoms with Crippen LogP contribution in [0.15, 0.2) is 11.3 Å². The molecule has 5 nitrogen and oxygen atoms in total. The van der Waals surface area contributed by atoms with Gasteiger partial charge in [0.2, 0.25) is 0 Å². The topological polar surface area (TPSA) is 53.6 Å². The van der Waals surface area contributed by atoms with E-state index < -0.39 is 5.60 Å². The molecule has 1 atom stereocenters. The third-order valence-corrected chi connectivity index (χ3v) is 4.14. The Labute approximate surface area is 120 Å². The minimum atomic E-state index is -0.430. The van der Waals surface area contributed by atoms with Crippen LogP contribution in [0.5, 0.6) is 0 Å². The van der Waals surface area contributed by atoms with Crippen LogP contribution >= 0.6 is 0 Å². The molecule has 1 saturated carbocycles. The molecular weight excluding hydrogens is 254 g/mol. The predicted octanol–water partition coefficient (Wildman–Crippen LogP) is 1.61. The highest BCUT2D eigenvalue weighted by Crippen LogP contribution is 2.39. The number of hydrogen-bond acceptors (Lipinski definition) is 4. The number of ether oxygens (including phenoxy) is 1. The molecule has 1 unspecified atom stereocenters. The first-order chi connectivity index (χ1) is 9.40. The summed E-state index contributed by atoms with van der Waals surface area (Å²) in [7, 11) is 0. The third-order valence-electron chi connectivity index (χ3n) is 4.14. The molecule has 0 aromatic carbocycles. The van der Waals surface area contributed by atoms with Crippen LogP contribution in [-0.2, 0) is 4.74 Å². The van der Waals surface area contributed by atoms with Crippen molar-refractivity contribution in [2.45, 2.75) is 51.2 Å². The summed E-state index contributed by atoms with van der Waals surface area (Å²) < 4.78 is 5.51. The second-order valence-corrected chi connectivity index (χ2v) is 7.07. The lowest BCUT2D eigenvalue weighted by atomic mass is 9.91. The Morgan fingerprint density at radius 1 is 1.30 bits per heavy atom. The van der Waals surface area contributed by atoms with Gasteiger partial charge >= 0.3 is 6.09 Å². The highest BCUT2D eigenvalue weighted by Gasteiger charge is 2.46. The summed E-state index contributed by atoms with van der Waals surface area (Å²) in [6.07, 6.45) is 3.27. The van der Waals surface area contributed by atoms with Crippen molar-refractivity contribution in [3.63, 3.8) is 0 Å². The fourth-order valence-electron chi connectivity index (χ4n) is 3.18. The molecule has 1 amide bonds. The van der Waals surface area contributed by atoms with Crippen molar-refractivity contribution in [1.82, 2.24) is 15.5 Å². The first kappa shape index (κ1) is 13.7. The zero-order valence-corrected chi connectivity index (χ0v) is 12.7. The summed E-state index contributed by atoms with van der Waals surface area (Å²) in [4.78, 5) is 14.1. The molecule has 2 aliphatic heterocycles. The number of allylic oxidation sites excluding steroid dienone is 1. The van der Waals surface area contributed by atoms with Gasteiger partial charge in [0.15, 0.2) is 0 Å². The number of nitrogens with zero attached hydrogens (tertiary/aromatic N) is 1. The van der Waals surface area contributed by atoms with Crippen LogP contribution in [0.3, 0.4) is 0 Å². The van der Waals surface area contributed by atoms with E-state index in [4.69, 9.17) is 4.74 Å². The van der Waals surface area contributed by atoms with Crippen LogP contribution in [0.4, 0.5) is 4.79 Å².